The second-order valence-corrected chi connectivity index (χ2v) is 13.9. The zero-order valence-corrected chi connectivity index (χ0v) is 30.4. The molecule has 0 aliphatic rings. The summed E-state index contributed by atoms with van der Waals surface area (Å²) >= 11 is 0. The van der Waals surface area contributed by atoms with E-state index in [0.717, 1.165) is 78.0 Å². The summed E-state index contributed by atoms with van der Waals surface area (Å²) in [7, 11) is 0. The van der Waals surface area contributed by atoms with Gasteiger partial charge in [-0.15, -0.1) is 0 Å². The van der Waals surface area contributed by atoms with E-state index in [2.05, 4.69) is 170 Å². The van der Waals surface area contributed by atoms with Crippen molar-refractivity contribution in [3.63, 3.8) is 0 Å². The molecule has 0 aliphatic carbocycles. The Labute approximate surface area is 325 Å². The van der Waals surface area contributed by atoms with E-state index in [9.17, 15) is 0 Å². The zero-order valence-electron chi connectivity index (χ0n) is 30.4. The van der Waals surface area contributed by atoms with E-state index < -0.39 is 0 Å². The van der Waals surface area contributed by atoms with Crippen molar-refractivity contribution in [1.82, 2.24) is 19.9 Å². The molecule has 0 aliphatic heterocycles. The zero-order chi connectivity index (χ0) is 37.3. The normalized spacial score (nSPS) is 11.2. The molecule has 0 saturated carbocycles. The maximum atomic E-state index is 5.10. The molecular formula is C52H34N4. The van der Waals surface area contributed by atoms with Crippen LogP contribution in [0.1, 0.15) is 0 Å². The van der Waals surface area contributed by atoms with Crippen molar-refractivity contribution in [2.24, 2.45) is 0 Å². The van der Waals surface area contributed by atoms with Crippen LogP contribution in [-0.4, -0.2) is 19.9 Å². The summed E-state index contributed by atoms with van der Waals surface area (Å²) in [5.74, 6) is 0.698. The Kier molecular flexibility index (Phi) is 8.47. The van der Waals surface area contributed by atoms with Crippen LogP contribution in [0.5, 0.6) is 0 Å². The summed E-state index contributed by atoms with van der Waals surface area (Å²) in [6.07, 6.45) is 1.88. The standard InChI is InChI=1S/C52H34N4/c1-3-12-35(13-4-1)36-26-28-39(29-27-36)48-34-49(56-52(55-48)40-14-5-2-6-15-40)43-17-11-16-41(32-43)37-22-24-38(25-23-37)42-30-31-53-50(33-42)51-46-20-8-7-18-44(46)45-19-9-10-21-47(45)54-51/h1-34H. The summed E-state index contributed by atoms with van der Waals surface area (Å²) in [5, 5.41) is 3.42. The maximum Gasteiger partial charge on any atom is 0.160 e. The molecule has 10 aromatic rings. The SMILES string of the molecule is c1ccc(-c2ccc(-c3cc(-c4cccc(-c5ccc(-c6ccnc(-c7nc8ccccc8c8ccccc78)c6)cc5)c4)nc(-c4ccccc4)n3)cc2)cc1. The van der Waals surface area contributed by atoms with Gasteiger partial charge in [-0.1, -0.05) is 170 Å². The van der Waals surface area contributed by atoms with Gasteiger partial charge in [-0.3, -0.25) is 4.98 Å². The highest BCUT2D eigenvalue weighted by Crippen LogP contribution is 2.35. The molecule has 262 valence electrons. The smallest absolute Gasteiger partial charge is 0.160 e. The van der Waals surface area contributed by atoms with Gasteiger partial charge in [0.25, 0.3) is 0 Å². The first-order chi connectivity index (χ1) is 27.7. The van der Waals surface area contributed by atoms with Crippen LogP contribution in [-0.2, 0) is 0 Å². The van der Waals surface area contributed by atoms with Gasteiger partial charge in [-0.2, -0.15) is 0 Å². The Hall–Kier alpha value is -7.56. The van der Waals surface area contributed by atoms with Gasteiger partial charge in [0.15, 0.2) is 5.82 Å². The lowest BCUT2D eigenvalue weighted by molar-refractivity contribution is 1.18. The predicted molar refractivity (Wildman–Crippen MR) is 231 cm³/mol. The topological polar surface area (TPSA) is 51.6 Å². The number of pyridine rings is 2. The molecule has 0 bridgehead atoms. The minimum atomic E-state index is 0.698. The number of para-hydroxylation sites is 1. The van der Waals surface area contributed by atoms with Crippen LogP contribution in [0.25, 0.3) is 100 Å². The van der Waals surface area contributed by atoms with Crippen molar-refractivity contribution < 1.29 is 0 Å². The third-order valence-electron chi connectivity index (χ3n) is 10.4. The molecule has 0 radical (unpaired) electrons. The summed E-state index contributed by atoms with van der Waals surface area (Å²) in [6, 6.07) is 69.6. The van der Waals surface area contributed by atoms with Gasteiger partial charge in [0.05, 0.1) is 28.3 Å². The monoisotopic (exact) mass is 714 g/mol. The Morgan fingerprint density at radius 2 is 0.768 bits per heavy atom. The first-order valence-corrected chi connectivity index (χ1v) is 18.8. The molecule has 3 aromatic heterocycles. The van der Waals surface area contributed by atoms with Gasteiger partial charge in [-0.25, -0.2) is 15.0 Å². The van der Waals surface area contributed by atoms with Crippen LogP contribution < -0.4 is 0 Å². The summed E-state index contributed by atoms with van der Waals surface area (Å²) in [6.45, 7) is 0. The number of hydrogen-bond donors (Lipinski definition) is 0. The molecule has 56 heavy (non-hydrogen) atoms. The van der Waals surface area contributed by atoms with Crippen molar-refractivity contribution in [2.45, 2.75) is 0 Å². The molecule has 0 fully saturated rings. The highest BCUT2D eigenvalue weighted by molar-refractivity contribution is 6.10. The summed E-state index contributed by atoms with van der Waals surface area (Å²) < 4.78 is 0. The molecule has 0 atom stereocenters. The van der Waals surface area contributed by atoms with Gasteiger partial charge in [0.2, 0.25) is 0 Å². The molecular weight excluding hydrogens is 681 g/mol. The minimum absolute atomic E-state index is 0.698. The largest absolute Gasteiger partial charge is 0.255 e. The molecule has 4 nitrogen and oxygen atoms in total. The summed E-state index contributed by atoms with van der Waals surface area (Å²) in [5.41, 5.74) is 14.3. The van der Waals surface area contributed by atoms with E-state index >= 15 is 0 Å². The van der Waals surface area contributed by atoms with Crippen LogP contribution in [0.3, 0.4) is 0 Å². The van der Waals surface area contributed by atoms with Crippen LogP contribution in [0.2, 0.25) is 0 Å². The third kappa shape index (κ3) is 6.40. The van der Waals surface area contributed by atoms with E-state index in [1.54, 1.807) is 0 Å². The lowest BCUT2D eigenvalue weighted by Gasteiger charge is -2.12. The average molecular weight is 715 g/mol. The molecule has 0 spiro atoms. The fourth-order valence-corrected chi connectivity index (χ4v) is 7.48. The fourth-order valence-electron chi connectivity index (χ4n) is 7.48. The number of aromatic nitrogens is 4. The second kappa shape index (κ2) is 14.3. The number of rotatable bonds is 7. The molecule has 10 rings (SSSR count). The Bertz CT molecular complexity index is 2990. The molecule has 3 heterocycles. The van der Waals surface area contributed by atoms with Crippen LogP contribution in [0.15, 0.2) is 206 Å². The van der Waals surface area contributed by atoms with Gasteiger partial charge in [-0.05, 0) is 69.1 Å². The molecule has 0 amide bonds. The van der Waals surface area contributed by atoms with Crippen molar-refractivity contribution >= 4 is 21.7 Å². The molecule has 7 aromatic carbocycles. The van der Waals surface area contributed by atoms with Crippen LogP contribution in [0, 0.1) is 0 Å². The first kappa shape index (κ1) is 33.0. The van der Waals surface area contributed by atoms with Gasteiger partial charge < -0.3 is 0 Å². The van der Waals surface area contributed by atoms with Crippen LogP contribution in [0.4, 0.5) is 0 Å². The predicted octanol–water partition coefficient (Wildman–Crippen LogP) is 13.2. The quantitative estimate of drug-likeness (QED) is 0.154. The first-order valence-electron chi connectivity index (χ1n) is 18.8. The van der Waals surface area contributed by atoms with E-state index in [-0.39, 0.29) is 0 Å². The molecule has 4 heteroatoms. The molecule has 0 saturated heterocycles. The van der Waals surface area contributed by atoms with E-state index in [4.69, 9.17) is 19.9 Å². The lowest BCUT2D eigenvalue weighted by atomic mass is 9.97. The van der Waals surface area contributed by atoms with Crippen molar-refractivity contribution in [1.29, 1.82) is 0 Å². The second-order valence-electron chi connectivity index (χ2n) is 13.9. The number of nitrogens with zero attached hydrogens (tertiary/aromatic N) is 4. The fraction of sp³-hybridized carbons (Fsp3) is 0. The van der Waals surface area contributed by atoms with E-state index in [0.29, 0.717) is 5.82 Å². The van der Waals surface area contributed by atoms with Gasteiger partial charge >= 0.3 is 0 Å². The third-order valence-corrected chi connectivity index (χ3v) is 10.4. The summed E-state index contributed by atoms with van der Waals surface area (Å²) in [4.78, 5) is 20.0. The van der Waals surface area contributed by atoms with Crippen LogP contribution >= 0.6 is 0 Å². The molecule has 0 N–H and O–H groups in total. The number of benzene rings is 7. The number of hydrogen-bond acceptors (Lipinski definition) is 4. The highest BCUT2D eigenvalue weighted by Gasteiger charge is 2.14. The maximum absolute atomic E-state index is 5.10. The molecule has 0 unspecified atom stereocenters. The highest BCUT2D eigenvalue weighted by atomic mass is 14.9. The Balaban J connectivity index is 0.977. The van der Waals surface area contributed by atoms with Crippen molar-refractivity contribution in [2.75, 3.05) is 0 Å². The van der Waals surface area contributed by atoms with Crippen molar-refractivity contribution in [3.8, 4) is 78.7 Å². The minimum Gasteiger partial charge on any atom is -0.255 e. The lowest BCUT2D eigenvalue weighted by Crippen LogP contribution is -1.96. The van der Waals surface area contributed by atoms with E-state index in [1.165, 1.54) is 16.5 Å². The average Bonchev–Trinajstić information content (AvgIpc) is 3.29. The number of fused-ring (bicyclic) bond motifs is 3. The Morgan fingerprint density at radius 1 is 0.268 bits per heavy atom. The van der Waals surface area contributed by atoms with E-state index in [1.807, 2.05) is 36.5 Å². The van der Waals surface area contributed by atoms with Gasteiger partial charge in [0.1, 0.15) is 0 Å². The van der Waals surface area contributed by atoms with Crippen molar-refractivity contribution in [3.05, 3.63) is 206 Å². The Morgan fingerprint density at radius 3 is 1.48 bits per heavy atom. The van der Waals surface area contributed by atoms with Gasteiger partial charge in [0, 0.05) is 33.7 Å².